The Morgan fingerprint density at radius 2 is 1.47 bits per heavy atom. The number of β-amino-alcohol motifs (C(OH)–C–C–N with tert-alkyl or cyclic N) is 1. The van der Waals surface area contributed by atoms with Crippen LogP contribution in [0, 0.1) is 0 Å². The number of benzene rings is 3. The molecule has 0 bridgehead atoms. The number of para-hydroxylation sites is 2. The van der Waals surface area contributed by atoms with Crippen molar-refractivity contribution < 1.29 is 14.7 Å². The third-order valence-electron chi connectivity index (χ3n) is 6.05. The third-order valence-corrected chi connectivity index (χ3v) is 6.95. The topological polar surface area (TPSA) is 65.8 Å². The first-order valence-corrected chi connectivity index (χ1v) is 11.9. The van der Waals surface area contributed by atoms with Crippen LogP contribution in [0.1, 0.15) is 5.56 Å². The normalized spacial score (nSPS) is 16.2. The fourth-order valence-electron chi connectivity index (χ4n) is 4.36. The van der Waals surface area contributed by atoms with Gasteiger partial charge in [0.25, 0.3) is 11.1 Å². The molecule has 5 rings (SSSR count). The lowest BCUT2D eigenvalue weighted by molar-refractivity contribution is -0.123. The molecule has 1 fully saturated rings. The van der Waals surface area contributed by atoms with Crippen LogP contribution >= 0.6 is 11.8 Å². The maximum atomic E-state index is 12.9. The maximum absolute atomic E-state index is 12.9. The minimum absolute atomic E-state index is 0.0532. The SMILES string of the molecule is CN(C)c1ccc(/C=C2\SC(=O)N(C[C@H](O)Cn3c4ccccc4c4ccccc43)C2=O)cc1. The molecule has 0 unspecified atom stereocenters. The van der Waals surface area contributed by atoms with Gasteiger partial charge in [0, 0.05) is 41.6 Å². The minimum atomic E-state index is -0.897. The summed E-state index contributed by atoms with van der Waals surface area (Å²) in [6.07, 6.45) is 0.829. The van der Waals surface area contributed by atoms with E-state index in [0.29, 0.717) is 4.91 Å². The lowest BCUT2D eigenvalue weighted by Gasteiger charge is -2.19. The van der Waals surface area contributed by atoms with Crippen LogP contribution in [0.4, 0.5) is 10.5 Å². The van der Waals surface area contributed by atoms with Gasteiger partial charge in [-0.15, -0.1) is 0 Å². The second-order valence-corrected chi connectivity index (χ2v) is 9.57. The molecule has 0 radical (unpaired) electrons. The number of hydrogen-bond acceptors (Lipinski definition) is 5. The number of rotatable bonds is 6. The number of fused-ring (bicyclic) bond motifs is 3. The summed E-state index contributed by atoms with van der Waals surface area (Å²) >= 11 is 0.912. The monoisotopic (exact) mass is 471 g/mol. The molecule has 2 heterocycles. The highest BCUT2D eigenvalue weighted by Gasteiger charge is 2.36. The predicted octanol–water partition coefficient (Wildman–Crippen LogP) is 4.96. The molecule has 1 N–H and O–H groups in total. The molecule has 7 heteroatoms. The average molecular weight is 472 g/mol. The highest BCUT2D eigenvalue weighted by molar-refractivity contribution is 8.18. The summed E-state index contributed by atoms with van der Waals surface area (Å²) in [4.78, 5) is 29.0. The van der Waals surface area contributed by atoms with Crippen molar-refractivity contribution in [2.75, 3.05) is 25.5 Å². The smallest absolute Gasteiger partial charge is 0.293 e. The van der Waals surface area contributed by atoms with E-state index < -0.39 is 6.10 Å². The number of anilines is 1. The van der Waals surface area contributed by atoms with E-state index in [-0.39, 0.29) is 24.2 Å². The van der Waals surface area contributed by atoms with Crippen LogP contribution in [-0.4, -0.2) is 52.5 Å². The van der Waals surface area contributed by atoms with Crippen molar-refractivity contribution in [2.45, 2.75) is 12.6 Å². The number of nitrogens with zero attached hydrogens (tertiary/aromatic N) is 3. The number of hydrogen-bond donors (Lipinski definition) is 1. The number of aliphatic hydroxyl groups is 1. The summed E-state index contributed by atoms with van der Waals surface area (Å²) in [6.45, 7) is 0.225. The van der Waals surface area contributed by atoms with Gasteiger partial charge in [0.1, 0.15) is 0 Å². The van der Waals surface area contributed by atoms with Gasteiger partial charge in [-0.2, -0.15) is 0 Å². The fraction of sp³-hybridized carbons (Fsp3) is 0.185. The molecule has 6 nitrogen and oxygen atoms in total. The van der Waals surface area contributed by atoms with Crippen molar-refractivity contribution in [3.05, 3.63) is 83.3 Å². The summed E-state index contributed by atoms with van der Waals surface area (Å²) in [5, 5.41) is 12.8. The molecule has 1 aliphatic heterocycles. The number of aliphatic hydroxyl groups excluding tert-OH is 1. The van der Waals surface area contributed by atoms with E-state index in [2.05, 4.69) is 16.7 Å². The van der Waals surface area contributed by atoms with Gasteiger partial charge in [-0.05, 0) is 47.7 Å². The molecule has 0 spiro atoms. The van der Waals surface area contributed by atoms with Crippen LogP contribution in [0.3, 0.4) is 0 Å². The van der Waals surface area contributed by atoms with Gasteiger partial charge in [0.2, 0.25) is 0 Å². The van der Waals surface area contributed by atoms with Crippen LogP contribution in [0.5, 0.6) is 0 Å². The highest BCUT2D eigenvalue weighted by atomic mass is 32.2. The molecule has 172 valence electrons. The zero-order valence-electron chi connectivity index (χ0n) is 19.0. The van der Waals surface area contributed by atoms with Crippen molar-refractivity contribution in [3.63, 3.8) is 0 Å². The molecule has 2 amide bonds. The van der Waals surface area contributed by atoms with Crippen molar-refractivity contribution in [1.29, 1.82) is 0 Å². The predicted molar refractivity (Wildman–Crippen MR) is 139 cm³/mol. The Kier molecular flexibility index (Phi) is 5.89. The van der Waals surface area contributed by atoms with E-state index >= 15 is 0 Å². The molecule has 34 heavy (non-hydrogen) atoms. The standard InChI is InChI=1S/C27H25N3O3S/c1-28(2)19-13-11-18(12-14-19)15-25-26(32)30(27(33)34-25)17-20(31)16-29-23-9-5-3-7-21(23)22-8-4-6-10-24(22)29/h3-15,20,31H,16-17H2,1-2H3/b25-15-/t20-/m1/s1. The first-order chi connectivity index (χ1) is 16.4. The number of thioether (sulfide) groups is 1. The molecular weight excluding hydrogens is 446 g/mol. The Bertz CT molecular complexity index is 1370. The van der Waals surface area contributed by atoms with Crippen LogP contribution in [-0.2, 0) is 11.3 Å². The number of amides is 2. The van der Waals surface area contributed by atoms with Crippen LogP contribution < -0.4 is 4.90 Å². The van der Waals surface area contributed by atoms with E-state index in [1.807, 2.05) is 79.7 Å². The first-order valence-electron chi connectivity index (χ1n) is 11.1. The van der Waals surface area contributed by atoms with Gasteiger partial charge in [-0.3, -0.25) is 14.5 Å². The second kappa shape index (κ2) is 9.00. The number of carbonyl (C=O) groups excluding carboxylic acids is 2. The van der Waals surface area contributed by atoms with Crippen LogP contribution in [0.15, 0.2) is 77.7 Å². The van der Waals surface area contributed by atoms with Crippen LogP contribution in [0.2, 0.25) is 0 Å². The summed E-state index contributed by atoms with van der Waals surface area (Å²) in [5.74, 6) is -0.368. The minimum Gasteiger partial charge on any atom is -0.389 e. The average Bonchev–Trinajstić information content (AvgIpc) is 3.29. The Labute approximate surface area is 202 Å². The first kappa shape index (κ1) is 22.3. The molecule has 0 saturated carbocycles. The van der Waals surface area contributed by atoms with Crippen molar-refractivity contribution in [3.8, 4) is 0 Å². The molecular formula is C27H25N3O3S. The van der Waals surface area contributed by atoms with Crippen molar-refractivity contribution in [2.24, 2.45) is 0 Å². The summed E-state index contributed by atoms with van der Waals surface area (Å²) in [7, 11) is 3.93. The number of imide groups is 1. The Morgan fingerprint density at radius 1 is 0.882 bits per heavy atom. The number of carbonyl (C=O) groups is 2. The van der Waals surface area contributed by atoms with E-state index in [4.69, 9.17) is 0 Å². The van der Waals surface area contributed by atoms with Gasteiger partial charge in [0.05, 0.1) is 24.1 Å². The molecule has 1 aromatic heterocycles. The Hall–Kier alpha value is -3.55. The third kappa shape index (κ3) is 4.08. The van der Waals surface area contributed by atoms with Gasteiger partial charge in [-0.1, -0.05) is 48.5 Å². The summed E-state index contributed by atoms with van der Waals surface area (Å²) in [5.41, 5.74) is 3.93. The largest absolute Gasteiger partial charge is 0.389 e. The van der Waals surface area contributed by atoms with Gasteiger partial charge < -0.3 is 14.6 Å². The van der Waals surface area contributed by atoms with Gasteiger partial charge >= 0.3 is 0 Å². The Balaban J connectivity index is 1.35. The highest BCUT2D eigenvalue weighted by Crippen LogP contribution is 2.33. The van der Waals surface area contributed by atoms with E-state index in [1.54, 1.807) is 6.08 Å². The summed E-state index contributed by atoms with van der Waals surface area (Å²) < 4.78 is 2.05. The van der Waals surface area contributed by atoms with E-state index in [1.165, 1.54) is 0 Å². The zero-order chi connectivity index (χ0) is 23.8. The van der Waals surface area contributed by atoms with E-state index in [0.717, 1.165) is 49.7 Å². The lowest BCUT2D eigenvalue weighted by atomic mass is 10.2. The van der Waals surface area contributed by atoms with E-state index in [9.17, 15) is 14.7 Å². The molecule has 3 aromatic carbocycles. The lowest BCUT2D eigenvalue weighted by Crippen LogP contribution is -2.37. The van der Waals surface area contributed by atoms with Crippen molar-refractivity contribution in [1.82, 2.24) is 9.47 Å². The maximum Gasteiger partial charge on any atom is 0.293 e. The zero-order valence-corrected chi connectivity index (χ0v) is 19.8. The quantitative estimate of drug-likeness (QED) is 0.403. The Morgan fingerprint density at radius 3 is 2.06 bits per heavy atom. The summed E-state index contributed by atoms with van der Waals surface area (Å²) in [6, 6.07) is 23.9. The van der Waals surface area contributed by atoms with Crippen molar-refractivity contribution >= 4 is 56.5 Å². The molecule has 0 aliphatic carbocycles. The molecule has 1 aliphatic rings. The second-order valence-electron chi connectivity index (χ2n) is 8.58. The molecule has 4 aromatic rings. The number of aromatic nitrogens is 1. The van der Waals surface area contributed by atoms with Gasteiger partial charge in [0.15, 0.2) is 0 Å². The fourth-order valence-corrected chi connectivity index (χ4v) is 5.20. The molecule has 1 atom stereocenters. The van der Waals surface area contributed by atoms with Gasteiger partial charge in [-0.25, -0.2) is 0 Å². The van der Waals surface area contributed by atoms with Crippen LogP contribution in [0.25, 0.3) is 27.9 Å². The molecule has 1 saturated heterocycles.